The molecule has 11 heteroatoms. The van der Waals surface area contributed by atoms with Crippen molar-refractivity contribution in [1.29, 1.82) is 0 Å². The molecule has 1 saturated heterocycles. The number of hydrogen-bond acceptors (Lipinski definition) is 7. The zero-order valence-electron chi connectivity index (χ0n) is 19.5. The van der Waals surface area contributed by atoms with Crippen molar-refractivity contribution in [2.75, 3.05) is 23.8 Å². The molecule has 186 valence electrons. The maximum atomic E-state index is 14.7. The normalized spacial score (nSPS) is 24.9. The van der Waals surface area contributed by atoms with Crippen LogP contribution in [0.1, 0.15) is 45.1 Å². The van der Waals surface area contributed by atoms with Crippen LogP contribution >= 0.6 is 11.6 Å². The van der Waals surface area contributed by atoms with Gasteiger partial charge in [-0.3, -0.25) is 9.36 Å². The van der Waals surface area contributed by atoms with Gasteiger partial charge in [0.2, 0.25) is 17.8 Å². The zero-order chi connectivity index (χ0) is 24.5. The van der Waals surface area contributed by atoms with Crippen LogP contribution in [0.25, 0.3) is 11.2 Å². The summed E-state index contributed by atoms with van der Waals surface area (Å²) in [5.74, 6) is 0.355. The molecule has 0 radical (unpaired) electrons. The lowest BCUT2D eigenvalue weighted by Gasteiger charge is -2.30. The highest BCUT2D eigenvalue weighted by Gasteiger charge is 2.30. The molecule has 1 aromatic carbocycles. The molecule has 9 nitrogen and oxygen atoms in total. The van der Waals surface area contributed by atoms with Gasteiger partial charge in [0, 0.05) is 24.6 Å². The number of nitrogens with zero attached hydrogens (tertiary/aromatic N) is 4. The van der Waals surface area contributed by atoms with Gasteiger partial charge >= 0.3 is 0 Å². The van der Waals surface area contributed by atoms with Crippen LogP contribution in [0, 0.1) is 17.7 Å². The number of primary amides is 1. The highest BCUT2D eigenvalue weighted by atomic mass is 35.5. The molecule has 1 aliphatic carbocycles. The summed E-state index contributed by atoms with van der Waals surface area (Å²) in [5, 5.41) is 6.58. The van der Waals surface area contributed by atoms with Crippen molar-refractivity contribution in [3.63, 3.8) is 0 Å². The van der Waals surface area contributed by atoms with Gasteiger partial charge in [0.15, 0.2) is 11.5 Å². The number of ether oxygens (including phenoxy) is 1. The van der Waals surface area contributed by atoms with E-state index in [9.17, 15) is 9.18 Å². The van der Waals surface area contributed by atoms with Gasteiger partial charge in [-0.05, 0) is 50.2 Å². The molecule has 0 bridgehead atoms. The molecule has 0 unspecified atom stereocenters. The van der Waals surface area contributed by atoms with Gasteiger partial charge in [-0.2, -0.15) is 4.98 Å². The Kier molecular flexibility index (Phi) is 6.75. The van der Waals surface area contributed by atoms with Crippen LogP contribution in [0.4, 0.5) is 22.0 Å². The van der Waals surface area contributed by atoms with E-state index in [0.29, 0.717) is 55.0 Å². The number of benzene rings is 1. The number of rotatable bonds is 6. The monoisotopic (exact) mass is 501 g/mol. The molecule has 1 saturated carbocycles. The van der Waals surface area contributed by atoms with E-state index in [0.717, 1.165) is 19.3 Å². The van der Waals surface area contributed by atoms with Crippen LogP contribution in [0.3, 0.4) is 0 Å². The molecule has 2 atom stereocenters. The maximum absolute atomic E-state index is 14.7. The lowest BCUT2D eigenvalue weighted by molar-refractivity contribution is -0.122. The van der Waals surface area contributed by atoms with Crippen molar-refractivity contribution in [2.24, 2.45) is 17.6 Å². The molecule has 3 heterocycles. The van der Waals surface area contributed by atoms with Crippen LogP contribution in [0.15, 0.2) is 24.4 Å². The molecule has 4 N–H and O–H groups in total. The summed E-state index contributed by atoms with van der Waals surface area (Å²) in [5.41, 5.74) is 7.01. The Morgan fingerprint density at radius 3 is 2.77 bits per heavy atom. The van der Waals surface area contributed by atoms with E-state index in [1.54, 1.807) is 18.3 Å². The Hall–Kier alpha value is -2.98. The third kappa shape index (κ3) is 4.90. The SMILES string of the molecule is C[C@@H]1COCC[C@@H]1Nc1ncc2nc(Nc3cccc(Cl)c3F)n(C3CCC(C(N)=O)CC3)c2n1. The van der Waals surface area contributed by atoms with Crippen LogP contribution in [0.2, 0.25) is 5.02 Å². The number of anilines is 3. The molecule has 1 aliphatic heterocycles. The molecule has 1 amide bonds. The average Bonchev–Trinajstić information content (AvgIpc) is 3.20. The van der Waals surface area contributed by atoms with E-state index in [1.807, 2.05) is 4.57 Å². The first kappa shape index (κ1) is 23.7. The summed E-state index contributed by atoms with van der Waals surface area (Å²) >= 11 is 5.99. The molecule has 0 spiro atoms. The van der Waals surface area contributed by atoms with Crippen LogP contribution in [-0.2, 0) is 9.53 Å². The third-order valence-corrected chi connectivity index (χ3v) is 7.34. The van der Waals surface area contributed by atoms with Gasteiger partial charge < -0.3 is 21.1 Å². The fourth-order valence-electron chi connectivity index (χ4n) is 4.99. The van der Waals surface area contributed by atoms with Crippen molar-refractivity contribution >= 4 is 46.3 Å². The second-order valence-corrected chi connectivity index (χ2v) is 9.84. The molecule has 2 aromatic heterocycles. The summed E-state index contributed by atoms with van der Waals surface area (Å²) < 4.78 is 22.2. The highest BCUT2D eigenvalue weighted by molar-refractivity contribution is 6.31. The number of nitrogens with one attached hydrogen (secondary N) is 2. The lowest BCUT2D eigenvalue weighted by atomic mass is 9.85. The fraction of sp³-hybridized carbons (Fsp3) is 0.500. The smallest absolute Gasteiger partial charge is 0.224 e. The average molecular weight is 502 g/mol. The Bertz CT molecular complexity index is 1230. The van der Waals surface area contributed by atoms with Gasteiger partial charge in [0.1, 0.15) is 5.52 Å². The van der Waals surface area contributed by atoms with Crippen molar-refractivity contribution in [3.8, 4) is 0 Å². The van der Waals surface area contributed by atoms with Crippen LogP contribution in [0.5, 0.6) is 0 Å². The number of fused-ring (bicyclic) bond motifs is 1. The molecule has 2 fully saturated rings. The number of carbonyl (C=O) groups is 1. The van der Waals surface area contributed by atoms with Gasteiger partial charge in [-0.25, -0.2) is 14.4 Å². The summed E-state index contributed by atoms with van der Waals surface area (Å²) in [6, 6.07) is 5.01. The number of nitrogens with two attached hydrogens (primary N) is 1. The van der Waals surface area contributed by atoms with Gasteiger partial charge in [0.25, 0.3) is 0 Å². The van der Waals surface area contributed by atoms with E-state index < -0.39 is 5.82 Å². The van der Waals surface area contributed by atoms with Gasteiger partial charge in [0.05, 0.1) is 23.5 Å². The van der Waals surface area contributed by atoms with Crippen LogP contribution < -0.4 is 16.4 Å². The maximum Gasteiger partial charge on any atom is 0.224 e. The van der Waals surface area contributed by atoms with E-state index in [1.165, 1.54) is 6.07 Å². The first-order valence-electron chi connectivity index (χ1n) is 12.0. The number of carbonyl (C=O) groups excluding carboxylic acids is 1. The Morgan fingerprint density at radius 1 is 1.23 bits per heavy atom. The van der Waals surface area contributed by atoms with Gasteiger partial charge in [-0.1, -0.05) is 24.6 Å². The molecular weight excluding hydrogens is 473 g/mol. The Labute approximate surface area is 207 Å². The standard InChI is InChI=1S/C24H29ClFN7O2/c1-13-12-35-10-9-17(13)29-23-28-11-19-22(32-23)33(15-7-5-14(6-8-15)21(27)34)24(31-19)30-18-4-2-3-16(25)20(18)26/h2-4,11,13-15,17H,5-10,12H2,1H3,(H2,27,34)(H,30,31)(H,28,29,32)/t13-,14?,15?,17+/m1/s1. The first-order chi connectivity index (χ1) is 16.9. The molecule has 2 aliphatic rings. The quantitative estimate of drug-likeness (QED) is 0.457. The minimum atomic E-state index is -0.549. The van der Waals surface area contributed by atoms with Crippen molar-refractivity contribution < 1.29 is 13.9 Å². The number of imidazole rings is 1. The first-order valence-corrected chi connectivity index (χ1v) is 12.4. The minimum Gasteiger partial charge on any atom is -0.381 e. The zero-order valence-corrected chi connectivity index (χ0v) is 20.3. The van der Waals surface area contributed by atoms with Crippen LogP contribution in [-0.4, -0.2) is 44.7 Å². The molecule has 3 aromatic rings. The Morgan fingerprint density at radius 2 is 2.03 bits per heavy atom. The number of halogens is 2. The third-order valence-electron chi connectivity index (χ3n) is 7.05. The largest absolute Gasteiger partial charge is 0.381 e. The van der Waals surface area contributed by atoms with E-state index in [-0.39, 0.29) is 34.6 Å². The highest BCUT2D eigenvalue weighted by Crippen LogP contribution is 2.37. The predicted molar refractivity (Wildman–Crippen MR) is 132 cm³/mol. The molecular formula is C24H29ClFN7O2. The number of amides is 1. The van der Waals surface area contributed by atoms with Crippen molar-refractivity contribution in [1.82, 2.24) is 19.5 Å². The summed E-state index contributed by atoms with van der Waals surface area (Å²) in [6.45, 7) is 3.53. The van der Waals surface area contributed by atoms with E-state index in [2.05, 4.69) is 27.5 Å². The Balaban J connectivity index is 1.51. The second-order valence-electron chi connectivity index (χ2n) is 9.43. The molecule has 35 heavy (non-hydrogen) atoms. The number of aromatic nitrogens is 4. The summed E-state index contributed by atoms with van der Waals surface area (Å²) in [4.78, 5) is 25.7. The van der Waals surface area contributed by atoms with E-state index >= 15 is 0 Å². The van der Waals surface area contributed by atoms with Crippen molar-refractivity contribution in [3.05, 3.63) is 35.2 Å². The lowest BCUT2D eigenvalue weighted by Crippen LogP contribution is -2.36. The van der Waals surface area contributed by atoms with Gasteiger partial charge in [-0.15, -0.1) is 0 Å². The topological polar surface area (TPSA) is 120 Å². The second kappa shape index (κ2) is 9.94. The minimum absolute atomic E-state index is 0.0186. The van der Waals surface area contributed by atoms with Crippen molar-refractivity contribution in [2.45, 2.75) is 51.1 Å². The molecule has 5 rings (SSSR count). The summed E-state index contributed by atoms with van der Waals surface area (Å²) in [7, 11) is 0. The summed E-state index contributed by atoms with van der Waals surface area (Å²) in [6.07, 6.45) is 5.38. The van der Waals surface area contributed by atoms with E-state index in [4.69, 9.17) is 27.1 Å². The number of hydrogen-bond donors (Lipinski definition) is 3. The fourth-order valence-corrected chi connectivity index (χ4v) is 5.17. The predicted octanol–water partition coefficient (Wildman–Crippen LogP) is 4.42.